The second-order valence-electron chi connectivity index (χ2n) is 4.94. The van der Waals surface area contributed by atoms with Gasteiger partial charge in [0.1, 0.15) is 0 Å². The number of carbonyl (C=O) groups is 2. The van der Waals surface area contributed by atoms with Crippen LogP contribution in [-0.4, -0.2) is 28.2 Å². The summed E-state index contributed by atoms with van der Waals surface area (Å²) < 4.78 is 0. The quantitative estimate of drug-likeness (QED) is 0.469. The summed E-state index contributed by atoms with van der Waals surface area (Å²) in [7, 11) is 0. The van der Waals surface area contributed by atoms with E-state index >= 15 is 0 Å². The molecule has 0 amide bonds. The first-order valence-electron chi connectivity index (χ1n) is 6.21. The number of rotatable bonds is 2. The van der Waals surface area contributed by atoms with E-state index in [1.165, 1.54) is 32.1 Å². The van der Waals surface area contributed by atoms with E-state index in [9.17, 15) is 9.59 Å². The molecule has 0 spiro atoms. The zero-order chi connectivity index (χ0) is 12.9. The number of carboxylic acids is 2. The third-order valence-electron chi connectivity index (χ3n) is 3.68. The molecular weight excluding hydrogens is 431 g/mol. The van der Waals surface area contributed by atoms with Crippen molar-refractivity contribution >= 4 is 11.9 Å². The largest absolute Gasteiger partial charge is 0.480 e. The Morgan fingerprint density at radius 2 is 1.37 bits per heavy atom. The zero-order valence-electron chi connectivity index (χ0n) is 11.0. The van der Waals surface area contributed by atoms with E-state index in [2.05, 4.69) is 0 Å². The van der Waals surface area contributed by atoms with Crippen molar-refractivity contribution in [2.75, 3.05) is 0 Å². The van der Waals surface area contributed by atoms with Crippen LogP contribution in [0.4, 0.5) is 0 Å². The molecule has 2 fully saturated rings. The van der Waals surface area contributed by atoms with Gasteiger partial charge in [0.15, 0.2) is 5.41 Å². The van der Waals surface area contributed by atoms with Crippen molar-refractivity contribution in [3.63, 3.8) is 0 Å². The van der Waals surface area contributed by atoms with E-state index in [1.807, 2.05) is 0 Å². The maximum Gasteiger partial charge on any atom is 0.321 e. The fourth-order valence-corrected chi connectivity index (χ4v) is 2.18. The molecule has 0 aromatic heterocycles. The van der Waals surface area contributed by atoms with Gasteiger partial charge in [-0.25, -0.2) is 0 Å². The van der Waals surface area contributed by atoms with Crippen molar-refractivity contribution in [3.05, 3.63) is 0 Å². The monoisotopic (exact) mass is 455 g/mol. The molecule has 7 N–H and O–H groups in total. The second kappa shape index (κ2) is 9.45. The first-order chi connectivity index (χ1) is 7.99. The Morgan fingerprint density at radius 1 is 0.947 bits per heavy atom. The fourth-order valence-electron chi connectivity index (χ4n) is 2.18. The standard InChI is InChI=1S/C6H13N.C6H8O4.H3N.Pt/c7-6-4-2-1-3-5-6;7-4(8)6(5(9)10)2-1-3-6;;/h6H,1-5,7H2;1-3H2,(H,7,8)(H,9,10);1H3;. The van der Waals surface area contributed by atoms with Crippen LogP contribution in [-0.2, 0) is 30.7 Å². The van der Waals surface area contributed by atoms with Gasteiger partial charge in [-0.15, -0.1) is 0 Å². The van der Waals surface area contributed by atoms with Gasteiger partial charge < -0.3 is 22.1 Å². The fraction of sp³-hybridized carbons (Fsp3) is 0.833. The first-order valence-corrected chi connectivity index (χ1v) is 6.21. The van der Waals surface area contributed by atoms with Crippen LogP contribution in [0.25, 0.3) is 0 Å². The van der Waals surface area contributed by atoms with E-state index in [-0.39, 0.29) is 40.1 Å². The van der Waals surface area contributed by atoms with Gasteiger partial charge in [-0.05, 0) is 32.1 Å². The van der Waals surface area contributed by atoms with E-state index in [4.69, 9.17) is 15.9 Å². The van der Waals surface area contributed by atoms with Gasteiger partial charge in [0.05, 0.1) is 0 Å². The summed E-state index contributed by atoms with van der Waals surface area (Å²) in [5.41, 5.74) is 4.19. The minimum atomic E-state index is -1.44. The minimum Gasteiger partial charge on any atom is -0.480 e. The molecule has 0 aliphatic heterocycles. The Labute approximate surface area is 128 Å². The minimum absolute atomic E-state index is 0. The van der Waals surface area contributed by atoms with Crippen LogP contribution in [0.15, 0.2) is 0 Å². The third-order valence-corrected chi connectivity index (χ3v) is 3.68. The molecule has 0 aromatic rings. The van der Waals surface area contributed by atoms with Crippen LogP contribution >= 0.6 is 0 Å². The molecule has 7 heteroatoms. The summed E-state index contributed by atoms with van der Waals surface area (Å²) in [5.74, 6) is -2.41. The molecule has 2 saturated carbocycles. The van der Waals surface area contributed by atoms with Gasteiger partial charge in [0.25, 0.3) is 0 Å². The van der Waals surface area contributed by atoms with Crippen molar-refractivity contribution in [2.45, 2.75) is 57.4 Å². The third kappa shape index (κ3) is 5.59. The molecule has 0 saturated heterocycles. The topological polar surface area (TPSA) is 136 Å². The molecule has 116 valence electrons. The molecule has 0 heterocycles. The Hall–Kier alpha value is -0.452. The number of nitrogens with two attached hydrogens (primary N) is 1. The van der Waals surface area contributed by atoms with Crippen LogP contribution in [0.3, 0.4) is 0 Å². The van der Waals surface area contributed by atoms with Crippen molar-refractivity contribution in [1.29, 1.82) is 0 Å². The SMILES string of the molecule is N.NC1CCCCC1.O=C(O)C1(C(=O)O)CCC1.[Pt]. The Morgan fingerprint density at radius 3 is 1.47 bits per heavy atom. The molecule has 0 aromatic carbocycles. The average molecular weight is 455 g/mol. The Bertz CT molecular complexity index is 273. The normalized spacial score (nSPS) is 20.5. The molecule has 0 unspecified atom stereocenters. The van der Waals surface area contributed by atoms with Gasteiger partial charge in [-0.1, -0.05) is 19.3 Å². The van der Waals surface area contributed by atoms with Crippen molar-refractivity contribution in [1.82, 2.24) is 6.15 Å². The molecule has 2 aliphatic carbocycles. The van der Waals surface area contributed by atoms with E-state index in [0.717, 1.165) is 0 Å². The summed E-state index contributed by atoms with van der Waals surface area (Å²) in [4.78, 5) is 20.7. The summed E-state index contributed by atoms with van der Waals surface area (Å²) in [6.07, 6.45) is 7.92. The maximum atomic E-state index is 10.4. The number of hydrogen-bond donors (Lipinski definition) is 4. The molecule has 2 rings (SSSR count). The Balaban J connectivity index is 0. The summed E-state index contributed by atoms with van der Waals surface area (Å²) in [6.45, 7) is 0. The first kappa shape index (κ1) is 20.9. The molecule has 6 nitrogen and oxygen atoms in total. The molecule has 0 atom stereocenters. The summed E-state index contributed by atoms with van der Waals surface area (Å²) in [5, 5.41) is 16.9. The summed E-state index contributed by atoms with van der Waals surface area (Å²) >= 11 is 0. The molecule has 2 aliphatic rings. The van der Waals surface area contributed by atoms with Gasteiger partial charge in [0, 0.05) is 27.1 Å². The summed E-state index contributed by atoms with van der Waals surface area (Å²) in [6, 6.07) is 0.536. The maximum absolute atomic E-state index is 10.4. The van der Waals surface area contributed by atoms with Crippen molar-refractivity contribution in [2.24, 2.45) is 11.1 Å². The number of aliphatic carboxylic acids is 2. The number of hydrogen-bond acceptors (Lipinski definition) is 4. The zero-order valence-corrected chi connectivity index (χ0v) is 13.3. The van der Waals surface area contributed by atoms with Gasteiger partial charge in [0.2, 0.25) is 0 Å². The molecule has 0 radical (unpaired) electrons. The van der Waals surface area contributed by atoms with Gasteiger partial charge >= 0.3 is 11.9 Å². The van der Waals surface area contributed by atoms with Crippen molar-refractivity contribution in [3.8, 4) is 0 Å². The second-order valence-corrected chi connectivity index (χ2v) is 4.94. The molecular formula is C12H24N2O4Pt. The van der Waals surface area contributed by atoms with E-state index in [1.54, 1.807) is 0 Å². The average Bonchev–Trinajstić information content (AvgIpc) is 2.16. The van der Waals surface area contributed by atoms with Crippen LogP contribution < -0.4 is 11.9 Å². The van der Waals surface area contributed by atoms with Crippen LogP contribution in [0, 0.1) is 5.41 Å². The van der Waals surface area contributed by atoms with Crippen LogP contribution in [0.1, 0.15) is 51.4 Å². The van der Waals surface area contributed by atoms with Gasteiger partial charge in [-0.2, -0.15) is 0 Å². The molecule has 19 heavy (non-hydrogen) atoms. The smallest absolute Gasteiger partial charge is 0.321 e. The van der Waals surface area contributed by atoms with Crippen LogP contribution in [0.2, 0.25) is 0 Å². The van der Waals surface area contributed by atoms with E-state index < -0.39 is 17.4 Å². The predicted octanol–water partition coefficient (Wildman–Crippen LogP) is 1.76. The van der Waals surface area contributed by atoms with E-state index in [0.29, 0.717) is 12.5 Å². The number of carboxylic acid groups (broad SMARTS) is 2. The predicted molar refractivity (Wildman–Crippen MR) is 67.6 cm³/mol. The molecule has 0 bridgehead atoms. The Kier molecular flexibility index (Phi) is 10.4. The van der Waals surface area contributed by atoms with Gasteiger partial charge in [-0.3, -0.25) is 9.59 Å². The van der Waals surface area contributed by atoms with Crippen LogP contribution in [0.5, 0.6) is 0 Å². The van der Waals surface area contributed by atoms with Crippen molar-refractivity contribution < 1.29 is 40.9 Å².